The van der Waals surface area contributed by atoms with Crippen molar-refractivity contribution in [3.63, 3.8) is 0 Å². The van der Waals surface area contributed by atoms with E-state index >= 15 is 0 Å². The number of benzene rings is 2. The summed E-state index contributed by atoms with van der Waals surface area (Å²) in [6.07, 6.45) is 2.50. The minimum Gasteiger partial charge on any atom is -0.396 e. The zero-order valence-corrected chi connectivity index (χ0v) is 13.6. The Labute approximate surface area is 132 Å². The highest BCUT2D eigenvalue weighted by atomic mass is 32.2. The van der Waals surface area contributed by atoms with Crippen LogP contribution in [0.25, 0.3) is 10.8 Å². The first-order valence-electron chi connectivity index (χ1n) is 7.66. The van der Waals surface area contributed by atoms with Gasteiger partial charge in [0.15, 0.2) is 0 Å². The second-order valence-corrected chi connectivity index (χ2v) is 7.29. The van der Waals surface area contributed by atoms with Crippen molar-refractivity contribution in [1.82, 2.24) is 4.72 Å². The van der Waals surface area contributed by atoms with Crippen LogP contribution >= 0.6 is 0 Å². The van der Waals surface area contributed by atoms with Crippen molar-refractivity contribution in [2.24, 2.45) is 5.92 Å². The third kappa shape index (κ3) is 4.29. The summed E-state index contributed by atoms with van der Waals surface area (Å²) in [6, 6.07) is 12.8. The Morgan fingerprint density at radius 2 is 1.82 bits per heavy atom. The fourth-order valence-electron chi connectivity index (χ4n) is 2.58. The van der Waals surface area contributed by atoms with Crippen molar-refractivity contribution in [3.8, 4) is 0 Å². The van der Waals surface area contributed by atoms with Crippen molar-refractivity contribution in [1.29, 1.82) is 0 Å². The summed E-state index contributed by atoms with van der Waals surface area (Å²) in [5, 5.41) is 11.0. The molecule has 0 fully saturated rings. The van der Waals surface area contributed by atoms with Crippen molar-refractivity contribution in [2.75, 3.05) is 13.2 Å². The van der Waals surface area contributed by atoms with E-state index in [-0.39, 0.29) is 17.4 Å². The zero-order chi connectivity index (χ0) is 16.0. The van der Waals surface area contributed by atoms with Crippen LogP contribution in [-0.2, 0) is 10.0 Å². The van der Waals surface area contributed by atoms with Gasteiger partial charge in [-0.15, -0.1) is 0 Å². The Morgan fingerprint density at radius 1 is 1.09 bits per heavy atom. The molecule has 0 amide bonds. The van der Waals surface area contributed by atoms with E-state index in [1.165, 1.54) is 0 Å². The lowest BCUT2D eigenvalue weighted by Gasteiger charge is -2.16. The molecule has 2 aromatic rings. The number of hydrogen-bond donors (Lipinski definition) is 2. The van der Waals surface area contributed by atoms with Crippen molar-refractivity contribution in [2.45, 2.75) is 31.1 Å². The van der Waals surface area contributed by atoms with Gasteiger partial charge in [-0.2, -0.15) is 0 Å². The van der Waals surface area contributed by atoms with E-state index < -0.39 is 10.0 Å². The summed E-state index contributed by atoms with van der Waals surface area (Å²) < 4.78 is 27.5. The van der Waals surface area contributed by atoms with E-state index in [2.05, 4.69) is 11.6 Å². The standard InChI is InChI=1S/C17H23NO3S/c1-2-5-14(10-11-19)13-18-22(20,21)17-9-8-15-6-3-4-7-16(15)12-17/h3-4,6-9,12,14,18-19H,2,5,10-11,13H2,1H3. The number of aliphatic hydroxyl groups excluding tert-OH is 1. The molecule has 1 unspecified atom stereocenters. The normalized spacial score (nSPS) is 13.4. The molecule has 2 N–H and O–H groups in total. The van der Waals surface area contributed by atoms with Gasteiger partial charge in [0.25, 0.3) is 0 Å². The lowest BCUT2D eigenvalue weighted by Crippen LogP contribution is -2.29. The van der Waals surface area contributed by atoms with E-state index in [4.69, 9.17) is 5.11 Å². The second kappa shape index (κ2) is 7.72. The molecular weight excluding hydrogens is 298 g/mol. The summed E-state index contributed by atoms with van der Waals surface area (Å²) in [5.74, 6) is 0.172. The van der Waals surface area contributed by atoms with Crippen LogP contribution in [-0.4, -0.2) is 26.7 Å². The number of rotatable bonds is 8. The quantitative estimate of drug-likeness (QED) is 0.785. The third-order valence-corrected chi connectivity index (χ3v) is 5.25. The van der Waals surface area contributed by atoms with Crippen LogP contribution in [0.5, 0.6) is 0 Å². The first-order chi connectivity index (χ1) is 10.6. The van der Waals surface area contributed by atoms with E-state index in [0.717, 1.165) is 23.6 Å². The average Bonchev–Trinajstić information content (AvgIpc) is 2.52. The smallest absolute Gasteiger partial charge is 0.240 e. The minimum atomic E-state index is -3.52. The molecule has 0 aliphatic rings. The summed E-state index contributed by atoms with van der Waals surface area (Å²) in [4.78, 5) is 0.283. The zero-order valence-electron chi connectivity index (χ0n) is 12.8. The van der Waals surface area contributed by atoms with Gasteiger partial charge < -0.3 is 5.11 Å². The Morgan fingerprint density at radius 3 is 2.50 bits per heavy atom. The van der Waals surface area contributed by atoms with Crippen molar-refractivity contribution < 1.29 is 13.5 Å². The Balaban J connectivity index is 2.14. The number of fused-ring (bicyclic) bond motifs is 1. The number of hydrogen-bond acceptors (Lipinski definition) is 3. The first kappa shape index (κ1) is 16.9. The molecule has 4 nitrogen and oxygen atoms in total. The molecule has 0 bridgehead atoms. The highest BCUT2D eigenvalue weighted by molar-refractivity contribution is 7.89. The summed E-state index contributed by atoms with van der Waals surface area (Å²) in [5.41, 5.74) is 0. The van der Waals surface area contributed by atoms with Gasteiger partial charge in [0.2, 0.25) is 10.0 Å². The highest BCUT2D eigenvalue weighted by Gasteiger charge is 2.17. The molecule has 0 aromatic heterocycles. The van der Waals surface area contributed by atoms with Gasteiger partial charge in [-0.05, 0) is 41.7 Å². The molecule has 0 aliphatic heterocycles. The topological polar surface area (TPSA) is 66.4 Å². The molecule has 0 saturated carbocycles. The average molecular weight is 321 g/mol. The van der Waals surface area contributed by atoms with Gasteiger partial charge in [-0.25, -0.2) is 13.1 Å². The first-order valence-corrected chi connectivity index (χ1v) is 9.14. The predicted molar refractivity (Wildman–Crippen MR) is 89.2 cm³/mol. The van der Waals surface area contributed by atoms with Gasteiger partial charge in [0, 0.05) is 13.2 Å². The molecule has 2 rings (SSSR count). The molecule has 0 spiro atoms. The summed E-state index contributed by atoms with van der Waals surface area (Å²) >= 11 is 0. The molecule has 1 atom stereocenters. The van der Waals surface area contributed by atoms with Crippen LogP contribution in [0.15, 0.2) is 47.4 Å². The molecule has 0 heterocycles. The lowest BCUT2D eigenvalue weighted by molar-refractivity contribution is 0.251. The molecule has 22 heavy (non-hydrogen) atoms. The molecule has 120 valence electrons. The van der Waals surface area contributed by atoms with E-state index in [9.17, 15) is 8.42 Å². The molecule has 2 aromatic carbocycles. The predicted octanol–water partition coefficient (Wildman–Crippen LogP) is 2.92. The molecule has 0 saturated heterocycles. The van der Waals surface area contributed by atoms with Crippen LogP contribution in [0.2, 0.25) is 0 Å². The fraction of sp³-hybridized carbons (Fsp3) is 0.412. The largest absolute Gasteiger partial charge is 0.396 e. The second-order valence-electron chi connectivity index (χ2n) is 5.53. The molecule has 0 radical (unpaired) electrons. The van der Waals surface area contributed by atoms with Crippen LogP contribution in [0.4, 0.5) is 0 Å². The Kier molecular flexibility index (Phi) is 5.94. The van der Waals surface area contributed by atoms with Gasteiger partial charge >= 0.3 is 0 Å². The number of sulfonamides is 1. The van der Waals surface area contributed by atoms with Crippen LogP contribution < -0.4 is 4.72 Å². The SMILES string of the molecule is CCCC(CCO)CNS(=O)(=O)c1ccc2ccccc2c1. The maximum Gasteiger partial charge on any atom is 0.240 e. The van der Waals surface area contributed by atoms with E-state index in [0.29, 0.717) is 13.0 Å². The number of nitrogens with one attached hydrogen (secondary N) is 1. The maximum atomic E-state index is 12.4. The maximum absolute atomic E-state index is 12.4. The van der Waals surface area contributed by atoms with E-state index in [1.54, 1.807) is 12.1 Å². The third-order valence-electron chi connectivity index (χ3n) is 3.83. The highest BCUT2D eigenvalue weighted by Crippen LogP contribution is 2.19. The fourth-order valence-corrected chi connectivity index (χ4v) is 3.74. The monoisotopic (exact) mass is 321 g/mol. The van der Waals surface area contributed by atoms with E-state index in [1.807, 2.05) is 30.3 Å². The molecule has 0 aliphatic carbocycles. The Hall–Kier alpha value is -1.43. The summed E-state index contributed by atoms with van der Waals surface area (Å²) in [7, 11) is -3.52. The minimum absolute atomic E-state index is 0.0857. The van der Waals surface area contributed by atoms with Gasteiger partial charge in [-0.3, -0.25) is 0 Å². The van der Waals surface area contributed by atoms with Crippen molar-refractivity contribution in [3.05, 3.63) is 42.5 Å². The lowest BCUT2D eigenvalue weighted by atomic mass is 10.0. The summed E-state index contributed by atoms with van der Waals surface area (Å²) in [6.45, 7) is 2.51. The van der Waals surface area contributed by atoms with Gasteiger partial charge in [-0.1, -0.05) is 43.7 Å². The van der Waals surface area contributed by atoms with Gasteiger partial charge in [0.05, 0.1) is 4.90 Å². The molecule has 5 heteroatoms. The van der Waals surface area contributed by atoms with Crippen LogP contribution in [0, 0.1) is 5.92 Å². The molecular formula is C17H23NO3S. The Bertz CT molecular complexity index is 707. The number of aliphatic hydroxyl groups is 1. The van der Waals surface area contributed by atoms with Crippen LogP contribution in [0.3, 0.4) is 0 Å². The van der Waals surface area contributed by atoms with Crippen LogP contribution in [0.1, 0.15) is 26.2 Å². The van der Waals surface area contributed by atoms with Crippen molar-refractivity contribution >= 4 is 20.8 Å². The van der Waals surface area contributed by atoms with Gasteiger partial charge in [0.1, 0.15) is 0 Å².